The van der Waals surface area contributed by atoms with Crippen molar-refractivity contribution in [1.29, 1.82) is 0 Å². The number of likely N-dealkylation sites (tertiary alicyclic amines) is 1. The van der Waals surface area contributed by atoms with Crippen molar-refractivity contribution in [3.63, 3.8) is 0 Å². The largest absolute Gasteiger partial charge is 0.353 e. The first kappa shape index (κ1) is 16.2. The monoisotopic (exact) mass is 338 g/mol. The van der Waals surface area contributed by atoms with Gasteiger partial charge in [0.15, 0.2) is 0 Å². The number of amides is 2. The first-order valence-corrected chi connectivity index (χ1v) is 8.43. The van der Waals surface area contributed by atoms with Gasteiger partial charge >= 0.3 is 0 Å². The second-order valence-electron chi connectivity index (χ2n) is 6.31. The Bertz CT molecular complexity index is 590. The summed E-state index contributed by atoms with van der Waals surface area (Å²) in [7, 11) is 0. The molecule has 0 atom stereocenters. The molecular formula is C17H20ClFN2O2. The fraction of sp³-hybridized carbons (Fsp3) is 0.529. The number of halogens is 2. The zero-order valence-electron chi connectivity index (χ0n) is 12.9. The number of nitrogens with zero attached hydrogens (tertiary/aromatic N) is 1. The van der Waals surface area contributed by atoms with Gasteiger partial charge in [0, 0.05) is 35.6 Å². The summed E-state index contributed by atoms with van der Waals surface area (Å²) in [4.78, 5) is 25.8. The molecule has 1 saturated carbocycles. The van der Waals surface area contributed by atoms with Gasteiger partial charge in [0.1, 0.15) is 5.82 Å². The van der Waals surface area contributed by atoms with Crippen molar-refractivity contribution in [2.75, 3.05) is 13.1 Å². The van der Waals surface area contributed by atoms with Crippen LogP contribution < -0.4 is 5.32 Å². The summed E-state index contributed by atoms with van der Waals surface area (Å²) in [5.41, 5.74) is 0.253. The van der Waals surface area contributed by atoms with Crippen LogP contribution >= 0.6 is 11.6 Å². The number of carbonyl (C=O) groups is 2. The maximum Gasteiger partial charge on any atom is 0.227 e. The van der Waals surface area contributed by atoms with Crippen molar-refractivity contribution in [3.05, 3.63) is 34.6 Å². The fourth-order valence-corrected chi connectivity index (χ4v) is 3.13. The average molecular weight is 339 g/mol. The van der Waals surface area contributed by atoms with Gasteiger partial charge < -0.3 is 10.2 Å². The summed E-state index contributed by atoms with van der Waals surface area (Å²) >= 11 is 5.97. The van der Waals surface area contributed by atoms with Crippen molar-refractivity contribution in [2.24, 2.45) is 5.92 Å². The van der Waals surface area contributed by atoms with E-state index in [2.05, 4.69) is 5.32 Å². The smallest absolute Gasteiger partial charge is 0.227 e. The molecule has 1 heterocycles. The van der Waals surface area contributed by atoms with Crippen LogP contribution in [0.3, 0.4) is 0 Å². The first-order valence-electron chi connectivity index (χ1n) is 8.05. The third-order valence-corrected chi connectivity index (χ3v) is 4.89. The van der Waals surface area contributed by atoms with Crippen LogP contribution in [0.2, 0.25) is 5.02 Å². The lowest BCUT2D eigenvalue weighted by Crippen LogP contribution is -2.47. The van der Waals surface area contributed by atoms with Gasteiger partial charge in [0.25, 0.3) is 0 Å². The Hall–Kier alpha value is -1.62. The van der Waals surface area contributed by atoms with E-state index in [1.54, 1.807) is 11.0 Å². The fourth-order valence-electron chi connectivity index (χ4n) is 2.90. The first-order chi connectivity index (χ1) is 11.0. The Morgan fingerprint density at radius 1 is 1.22 bits per heavy atom. The average Bonchev–Trinajstić information content (AvgIpc) is 3.36. The summed E-state index contributed by atoms with van der Waals surface area (Å²) in [6.07, 6.45) is 3.45. The molecule has 1 saturated heterocycles. The number of carbonyl (C=O) groups excluding carboxylic acids is 2. The van der Waals surface area contributed by atoms with Crippen LogP contribution in [0.15, 0.2) is 18.2 Å². The van der Waals surface area contributed by atoms with Gasteiger partial charge in [-0.3, -0.25) is 9.59 Å². The number of benzene rings is 1. The number of hydrogen-bond donors (Lipinski definition) is 1. The molecule has 3 rings (SSSR count). The highest BCUT2D eigenvalue weighted by Gasteiger charge is 2.32. The molecule has 1 aromatic carbocycles. The summed E-state index contributed by atoms with van der Waals surface area (Å²) in [6, 6.07) is 4.57. The van der Waals surface area contributed by atoms with Crippen molar-refractivity contribution in [2.45, 2.75) is 38.1 Å². The summed E-state index contributed by atoms with van der Waals surface area (Å²) in [5.74, 6) is -0.216. The highest BCUT2D eigenvalue weighted by molar-refractivity contribution is 6.31. The van der Waals surface area contributed by atoms with Gasteiger partial charge in [0.05, 0.1) is 6.42 Å². The van der Waals surface area contributed by atoms with Crippen molar-refractivity contribution >= 4 is 23.4 Å². The minimum absolute atomic E-state index is 0.0232. The third-order valence-electron chi connectivity index (χ3n) is 4.53. The number of hydrogen-bond acceptors (Lipinski definition) is 2. The van der Waals surface area contributed by atoms with Crippen molar-refractivity contribution in [3.8, 4) is 0 Å². The van der Waals surface area contributed by atoms with Crippen LogP contribution in [0.5, 0.6) is 0 Å². The quantitative estimate of drug-likeness (QED) is 0.917. The van der Waals surface area contributed by atoms with Crippen LogP contribution in [-0.2, 0) is 16.0 Å². The molecule has 2 aliphatic rings. The summed E-state index contributed by atoms with van der Waals surface area (Å²) in [6.45, 7) is 1.17. The molecule has 23 heavy (non-hydrogen) atoms. The van der Waals surface area contributed by atoms with E-state index in [1.165, 1.54) is 12.1 Å². The topological polar surface area (TPSA) is 49.4 Å². The number of nitrogens with one attached hydrogen (secondary N) is 1. The molecule has 0 unspecified atom stereocenters. The SMILES string of the molecule is O=C(NC1CCN(C(=O)Cc2c(F)cccc2Cl)CC1)C1CC1. The van der Waals surface area contributed by atoms with E-state index < -0.39 is 5.82 Å². The molecule has 0 aromatic heterocycles. The van der Waals surface area contributed by atoms with Crippen molar-refractivity contribution in [1.82, 2.24) is 10.2 Å². The van der Waals surface area contributed by atoms with Crippen LogP contribution in [-0.4, -0.2) is 35.8 Å². The lowest BCUT2D eigenvalue weighted by molar-refractivity contribution is -0.131. The van der Waals surface area contributed by atoms with Crippen molar-refractivity contribution < 1.29 is 14.0 Å². The lowest BCUT2D eigenvalue weighted by Gasteiger charge is -2.32. The van der Waals surface area contributed by atoms with Crippen LogP contribution in [0, 0.1) is 11.7 Å². The lowest BCUT2D eigenvalue weighted by atomic mass is 10.0. The Balaban J connectivity index is 1.51. The van der Waals surface area contributed by atoms with Gasteiger partial charge in [-0.05, 0) is 37.8 Å². The molecular weight excluding hydrogens is 319 g/mol. The van der Waals surface area contributed by atoms with Crippen LogP contribution in [0.4, 0.5) is 4.39 Å². The number of rotatable bonds is 4. The molecule has 0 spiro atoms. The molecule has 1 aliphatic heterocycles. The minimum Gasteiger partial charge on any atom is -0.353 e. The maximum atomic E-state index is 13.8. The maximum absolute atomic E-state index is 13.8. The number of piperidine rings is 1. The van der Waals surface area contributed by atoms with E-state index in [4.69, 9.17) is 11.6 Å². The molecule has 124 valence electrons. The van der Waals surface area contributed by atoms with E-state index in [1.807, 2.05) is 0 Å². The van der Waals surface area contributed by atoms with E-state index in [0.717, 1.165) is 25.7 Å². The van der Waals surface area contributed by atoms with Gasteiger partial charge in [-0.15, -0.1) is 0 Å². The minimum atomic E-state index is -0.447. The molecule has 6 heteroatoms. The second kappa shape index (κ2) is 6.87. The highest BCUT2D eigenvalue weighted by Crippen LogP contribution is 2.29. The predicted molar refractivity (Wildman–Crippen MR) is 85.6 cm³/mol. The van der Waals surface area contributed by atoms with Crippen LogP contribution in [0.25, 0.3) is 0 Å². The Morgan fingerprint density at radius 2 is 1.91 bits per heavy atom. The molecule has 0 radical (unpaired) electrons. The van der Waals surface area contributed by atoms with Crippen LogP contribution in [0.1, 0.15) is 31.2 Å². The second-order valence-corrected chi connectivity index (χ2v) is 6.72. The van der Waals surface area contributed by atoms with E-state index in [-0.39, 0.29) is 40.8 Å². The Morgan fingerprint density at radius 3 is 2.52 bits per heavy atom. The van der Waals surface area contributed by atoms with Gasteiger partial charge in [-0.1, -0.05) is 17.7 Å². The molecule has 0 bridgehead atoms. The molecule has 1 N–H and O–H groups in total. The van der Waals surface area contributed by atoms with E-state index in [9.17, 15) is 14.0 Å². The van der Waals surface area contributed by atoms with E-state index in [0.29, 0.717) is 13.1 Å². The van der Waals surface area contributed by atoms with Gasteiger partial charge in [-0.2, -0.15) is 0 Å². The highest BCUT2D eigenvalue weighted by atomic mass is 35.5. The van der Waals surface area contributed by atoms with Gasteiger partial charge in [-0.25, -0.2) is 4.39 Å². The molecule has 4 nitrogen and oxygen atoms in total. The molecule has 2 fully saturated rings. The predicted octanol–water partition coefficient (Wildman–Crippen LogP) is 2.54. The summed E-state index contributed by atoms with van der Waals surface area (Å²) < 4.78 is 13.8. The summed E-state index contributed by atoms with van der Waals surface area (Å²) in [5, 5.41) is 3.33. The normalized spacial score (nSPS) is 18.8. The zero-order valence-corrected chi connectivity index (χ0v) is 13.6. The van der Waals surface area contributed by atoms with E-state index >= 15 is 0 Å². The standard InChI is InChI=1S/C17H20ClFN2O2/c18-14-2-1-3-15(19)13(14)10-16(22)21-8-6-12(7-9-21)20-17(23)11-4-5-11/h1-3,11-12H,4-10H2,(H,20,23). The molecule has 1 aliphatic carbocycles. The zero-order chi connectivity index (χ0) is 16.4. The molecule has 2 amide bonds. The Kier molecular flexibility index (Phi) is 4.85. The third kappa shape index (κ3) is 4.02. The van der Waals surface area contributed by atoms with Gasteiger partial charge in [0.2, 0.25) is 11.8 Å². The Labute approximate surface area is 140 Å². The molecule has 1 aromatic rings.